The number of aliphatic hydroxyl groups excluding tert-OH is 2. The summed E-state index contributed by atoms with van der Waals surface area (Å²) < 4.78 is 28.2. The molecule has 16 nitrogen and oxygen atoms in total. The molecule has 1 aliphatic heterocycles. The van der Waals surface area contributed by atoms with Crippen molar-refractivity contribution in [3.8, 4) is 51.6 Å². The first-order chi connectivity index (χ1) is 26.3. The molecule has 0 spiro atoms. The number of ether oxygens (including phenoxy) is 4. The average Bonchev–Trinajstić information content (AvgIpc) is 3.15. The van der Waals surface area contributed by atoms with Gasteiger partial charge in [0.2, 0.25) is 17.5 Å². The van der Waals surface area contributed by atoms with Crippen LogP contribution in [0, 0.1) is 0 Å². The maximum Gasteiger partial charge on any atom is 0.331 e. The van der Waals surface area contributed by atoms with Gasteiger partial charge in [-0.25, -0.2) is 9.59 Å². The average molecular weight is 757 g/mol. The summed E-state index contributed by atoms with van der Waals surface area (Å²) in [7, 11) is 0. The molecule has 1 aromatic heterocycles. The first-order valence-electron chi connectivity index (χ1n) is 16.3. The van der Waals surface area contributed by atoms with Crippen molar-refractivity contribution in [3.63, 3.8) is 0 Å². The number of aliphatic hydroxyl groups is 2. The van der Waals surface area contributed by atoms with Crippen molar-refractivity contribution in [1.82, 2.24) is 0 Å². The summed E-state index contributed by atoms with van der Waals surface area (Å²) in [5.41, 5.74) is -0.417. The van der Waals surface area contributed by atoms with Crippen molar-refractivity contribution < 1.29 is 73.8 Å². The van der Waals surface area contributed by atoms with Gasteiger partial charge in [-0.05, 0) is 65.7 Å². The number of hydrogen-bond acceptors (Lipinski definition) is 16. The van der Waals surface area contributed by atoms with Gasteiger partial charge in [0.15, 0.2) is 29.5 Å². The minimum absolute atomic E-state index is 0.0130. The minimum atomic E-state index is -2.05. The van der Waals surface area contributed by atoms with Crippen molar-refractivity contribution >= 4 is 35.1 Å². The molecule has 16 heteroatoms. The number of rotatable bonds is 10. The van der Waals surface area contributed by atoms with E-state index in [2.05, 4.69) is 0 Å². The molecule has 8 N–H and O–H groups in total. The van der Waals surface area contributed by atoms with E-state index < -0.39 is 94.6 Å². The second-order valence-electron chi connectivity index (χ2n) is 12.2. The van der Waals surface area contributed by atoms with Crippen molar-refractivity contribution in [2.45, 2.75) is 30.7 Å². The third-order valence-corrected chi connectivity index (χ3v) is 8.28. The Labute approximate surface area is 309 Å². The molecule has 1 aliphatic rings. The Hall–Kier alpha value is -7.01. The number of carbonyl (C=O) groups is 2. The van der Waals surface area contributed by atoms with E-state index in [4.69, 9.17) is 23.4 Å². The van der Waals surface area contributed by atoms with Crippen LogP contribution in [0.5, 0.6) is 40.2 Å². The predicted molar refractivity (Wildman–Crippen MR) is 191 cm³/mol. The zero-order valence-corrected chi connectivity index (χ0v) is 28.3. The number of hydrogen-bond donors (Lipinski definition) is 8. The van der Waals surface area contributed by atoms with Crippen LogP contribution in [-0.2, 0) is 23.8 Å². The highest BCUT2D eigenvalue weighted by Crippen LogP contribution is 2.39. The topological polar surface area (TPSA) is 263 Å². The Bertz CT molecular complexity index is 2330. The predicted octanol–water partition coefficient (Wildman–Crippen LogP) is 3.40. The molecule has 2 heterocycles. The maximum absolute atomic E-state index is 13.9. The fourth-order valence-electron chi connectivity index (χ4n) is 5.51. The molecule has 0 saturated carbocycles. The molecule has 5 aromatic rings. The summed E-state index contributed by atoms with van der Waals surface area (Å²) in [6, 6.07) is 16.8. The molecule has 0 aliphatic carbocycles. The van der Waals surface area contributed by atoms with Crippen molar-refractivity contribution in [3.05, 3.63) is 112 Å². The van der Waals surface area contributed by atoms with Gasteiger partial charge in [0, 0.05) is 29.8 Å². The lowest BCUT2D eigenvalue weighted by Crippen LogP contribution is -2.61. The lowest BCUT2D eigenvalue weighted by Gasteiger charge is -2.41. The SMILES string of the molecule is O=C(/C=C/c1ccc(O)cc1)OC[C@H]1O[C@@H](Oc2c(-c3ccc(O)c(O)c3)oc3cc(O)cc(O)c3c2=O)[C@H](O)[C@@H](OC(=O)/C=C/c2ccc(O)cc2)[C@@H]1O. The van der Waals surface area contributed by atoms with E-state index in [1.807, 2.05) is 0 Å². The van der Waals surface area contributed by atoms with E-state index in [1.54, 1.807) is 0 Å². The third-order valence-electron chi connectivity index (χ3n) is 8.28. The first kappa shape index (κ1) is 37.7. The van der Waals surface area contributed by atoms with E-state index >= 15 is 0 Å². The Balaban J connectivity index is 1.33. The largest absolute Gasteiger partial charge is 0.508 e. The van der Waals surface area contributed by atoms with Crippen LogP contribution < -0.4 is 10.2 Å². The molecule has 0 unspecified atom stereocenters. The van der Waals surface area contributed by atoms with Gasteiger partial charge in [-0.1, -0.05) is 24.3 Å². The van der Waals surface area contributed by atoms with Gasteiger partial charge in [0.1, 0.15) is 52.8 Å². The molecule has 0 radical (unpaired) electrons. The van der Waals surface area contributed by atoms with Crippen LogP contribution in [0.2, 0.25) is 0 Å². The summed E-state index contributed by atoms with van der Waals surface area (Å²) in [6.45, 7) is -0.699. The quantitative estimate of drug-likeness (QED) is 0.0577. The second-order valence-corrected chi connectivity index (χ2v) is 12.2. The van der Waals surface area contributed by atoms with E-state index in [9.17, 15) is 55.2 Å². The van der Waals surface area contributed by atoms with Crippen LogP contribution in [-0.4, -0.2) is 90.1 Å². The molecule has 1 saturated heterocycles. The Morgan fingerprint density at radius 3 is 1.93 bits per heavy atom. The highest BCUT2D eigenvalue weighted by atomic mass is 16.7. The number of aromatic hydroxyl groups is 6. The van der Waals surface area contributed by atoms with Gasteiger partial charge in [0.05, 0.1) is 0 Å². The molecule has 4 aromatic carbocycles. The van der Waals surface area contributed by atoms with E-state index in [-0.39, 0.29) is 22.6 Å². The number of fused-ring (bicyclic) bond motifs is 1. The molecule has 6 rings (SSSR count). The number of phenols is 6. The first-order valence-corrected chi connectivity index (χ1v) is 16.3. The lowest BCUT2D eigenvalue weighted by molar-refractivity contribution is -0.281. The molecule has 5 atom stereocenters. The summed E-state index contributed by atoms with van der Waals surface area (Å²) >= 11 is 0. The standard InChI is InChI=1S/C39H32O16/c40-22-8-1-19(2-9-22)5-13-30(46)51-18-29-33(48)37(54-31(47)14-6-20-3-10-23(41)11-4-20)35(50)39(53-29)55-38-34(49)32-27(45)16-24(42)17-28(32)52-36(38)21-7-12-25(43)26(44)15-21/h1-17,29,33,35,37,39-45,48,50H,18H2/b13-5+,14-6+/t29-,33-,35-,37+,39+/m1/s1. The van der Waals surface area contributed by atoms with Gasteiger partial charge in [0.25, 0.3) is 0 Å². The zero-order valence-electron chi connectivity index (χ0n) is 28.3. The van der Waals surface area contributed by atoms with Crippen LogP contribution in [0.25, 0.3) is 34.4 Å². The summed E-state index contributed by atoms with van der Waals surface area (Å²) in [6.07, 6.45) is -4.55. The van der Waals surface area contributed by atoms with E-state index in [1.165, 1.54) is 66.7 Å². The molecule has 284 valence electrons. The van der Waals surface area contributed by atoms with Crippen LogP contribution in [0.15, 0.2) is 100 Å². The molecule has 1 fully saturated rings. The fraction of sp³-hybridized carbons (Fsp3) is 0.154. The Morgan fingerprint density at radius 2 is 1.31 bits per heavy atom. The Kier molecular flexibility index (Phi) is 10.9. The summed E-state index contributed by atoms with van der Waals surface area (Å²) in [4.78, 5) is 39.5. The molecule has 55 heavy (non-hydrogen) atoms. The maximum atomic E-state index is 13.9. The second kappa shape index (κ2) is 15.9. The zero-order chi connectivity index (χ0) is 39.4. The number of phenolic OH excluding ortho intramolecular Hbond substituents is 6. The number of carbonyl (C=O) groups excluding carboxylic acids is 2. The van der Waals surface area contributed by atoms with Crippen LogP contribution in [0.1, 0.15) is 11.1 Å². The van der Waals surface area contributed by atoms with Crippen molar-refractivity contribution in [1.29, 1.82) is 0 Å². The Morgan fingerprint density at radius 1 is 0.691 bits per heavy atom. The van der Waals surface area contributed by atoms with Gasteiger partial charge in [-0.3, -0.25) is 4.79 Å². The third kappa shape index (κ3) is 8.63. The number of benzene rings is 4. The van der Waals surface area contributed by atoms with Crippen LogP contribution in [0.4, 0.5) is 0 Å². The highest BCUT2D eigenvalue weighted by molar-refractivity contribution is 5.89. The lowest BCUT2D eigenvalue weighted by atomic mass is 9.98. The van der Waals surface area contributed by atoms with E-state index in [0.717, 1.165) is 36.4 Å². The highest BCUT2D eigenvalue weighted by Gasteiger charge is 2.49. The van der Waals surface area contributed by atoms with Crippen LogP contribution in [0.3, 0.4) is 0 Å². The molecular weight excluding hydrogens is 724 g/mol. The monoisotopic (exact) mass is 756 g/mol. The van der Waals surface area contributed by atoms with Gasteiger partial charge >= 0.3 is 11.9 Å². The molecular formula is C39H32O16. The summed E-state index contributed by atoms with van der Waals surface area (Å²) in [5.74, 6) is -5.47. The van der Waals surface area contributed by atoms with Gasteiger partial charge in [-0.2, -0.15) is 0 Å². The van der Waals surface area contributed by atoms with Crippen molar-refractivity contribution in [2.24, 2.45) is 0 Å². The summed E-state index contributed by atoms with van der Waals surface area (Å²) in [5, 5.41) is 81.9. The molecule has 0 bridgehead atoms. The van der Waals surface area contributed by atoms with Gasteiger partial charge in [-0.15, -0.1) is 0 Å². The van der Waals surface area contributed by atoms with Crippen LogP contribution >= 0.6 is 0 Å². The smallest absolute Gasteiger partial charge is 0.331 e. The number of esters is 2. The molecule has 0 amide bonds. The van der Waals surface area contributed by atoms with Gasteiger partial charge < -0.3 is 64.2 Å². The fourth-order valence-corrected chi connectivity index (χ4v) is 5.51. The van der Waals surface area contributed by atoms with Crippen molar-refractivity contribution in [2.75, 3.05) is 6.61 Å². The normalized spacial score (nSPS) is 19.8. The van der Waals surface area contributed by atoms with E-state index in [0.29, 0.717) is 11.1 Å². The minimum Gasteiger partial charge on any atom is -0.508 e.